The quantitative estimate of drug-likeness (QED) is 0.564. The lowest BCUT2D eigenvalue weighted by Gasteiger charge is -2.22. The first-order chi connectivity index (χ1) is 6.36. The normalized spacial score (nSPS) is 22.6. The second kappa shape index (κ2) is 6.35. The average molecular weight is 186 g/mol. The highest BCUT2D eigenvalue weighted by molar-refractivity contribution is 4.76. The SMILES string of the molecule is NCC(CO)NC1CCCCCC1. The van der Waals surface area contributed by atoms with E-state index in [0.29, 0.717) is 12.6 Å². The molecule has 0 amide bonds. The van der Waals surface area contributed by atoms with Gasteiger partial charge < -0.3 is 16.2 Å². The molecular formula is C10H22N2O. The van der Waals surface area contributed by atoms with Crippen LogP contribution < -0.4 is 11.1 Å². The van der Waals surface area contributed by atoms with Crippen molar-refractivity contribution >= 4 is 0 Å². The molecule has 1 saturated carbocycles. The largest absolute Gasteiger partial charge is 0.395 e. The van der Waals surface area contributed by atoms with Crippen LogP contribution in [0.3, 0.4) is 0 Å². The number of rotatable bonds is 4. The molecule has 3 heteroatoms. The lowest BCUT2D eigenvalue weighted by Crippen LogP contribution is -2.44. The highest BCUT2D eigenvalue weighted by Gasteiger charge is 2.15. The van der Waals surface area contributed by atoms with Crippen LogP contribution in [-0.4, -0.2) is 30.3 Å². The minimum Gasteiger partial charge on any atom is -0.395 e. The number of aliphatic hydroxyl groups excluding tert-OH is 1. The summed E-state index contributed by atoms with van der Waals surface area (Å²) in [6.07, 6.45) is 7.86. The molecule has 0 aromatic carbocycles. The Hall–Kier alpha value is -0.120. The molecule has 0 radical (unpaired) electrons. The molecule has 0 aromatic rings. The van der Waals surface area contributed by atoms with Crippen LogP contribution in [0.5, 0.6) is 0 Å². The van der Waals surface area contributed by atoms with E-state index in [-0.39, 0.29) is 12.6 Å². The van der Waals surface area contributed by atoms with E-state index in [0.717, 1.165) is 0 Å². The van der Waals surface area contributed by atoms with E-state index >= 15 is 0 Å². The summed E-state index contributed by atoms with van der Waals surface area (Å²) in [5.74, 6) is 0. The van der Waals surface area contributed by atoms with Crippen LogP contribution in [0.4, 0.5) is 0 Å². The Morgan fingerprint density at radius 1 is 1.23 bits per heavy atom. The van der Waals surface area contributed by atoms with Gasteiger partial charge in [-0.15, -0.1) is 0 Å². The third kappa shape index (κ3) is 4.07. The van der Waals surface area contributed by atoms with Crippen molar-refractivity contribution in [3.05, 3.63) is 0 Å². The second-order valence-corrected chi connectivity index (χ2v) is 3.97. The van der Waals surface area contributed by atoms with Gasteiger partial charge in [0.15, 0.2) is 0 Å². The lowest BCUT2D eigenvalue weighted by atomic mass is 10.1. The van der Waals surface area contributed by atoms with Gasteiger partial charge in [-0.3, -0.25) is 0 Å². The molecule has 1 unspecified atom stereocenters. The van der Waals surface area contributed by atoms with Crippen molar-refractivity contribution in [1.29, 1.82) is 0 Å². The van der Waals surface area contributed by atoms with Crippen LogP contribution in [-0.2, 0) is 0 Å². The number of hydrogen-bond acceptors (Lipinski definition) is 3. The third-order valence-electron chi connectivity index (χ3n) is 2.83. The van der Waals surface area contributed by atoms with Gasteiger partial charge in [0.1, 0.15) is 0 Å². The highest BCUT2D eigenvalue weighted by atomic mass is 16.3. The van der Waals surface area contributed by atoms with Crippen LogP contribution in [0.25, 0.3) is 0 Å². The van der Waals surface area contributed by atoms with Crippen LogP contribution in [0, 0.1) is 0 Å². The molecule has 0 bridgehead atoms. The van der Waals surface area contributed by atoms with E-state index in [1.807, 2.05) is 0 Å². The summed E-state index contributed by atoms with van der Waals surface area (Å²) in [5, 5.41) is 12.4. The smallest absolute Gasteiger partial charge is 0.0597 e. The molecule has 0 aromatic heterocycles. The van der Waals surface area contributed by atoms with Crippen molar-refractivity contribution < 1.29 is 5.11 Å². The Bertz CT molecular complexity index is 118. The first-order valence-corrected chi connectivity index (χ1v) is 5.43. The van der Waals surface area contributed by atoms with Gasteiger partial charge in [-0.25, -0.2) is 0 Å². The molecule has 1 atom stereocenters. The summed E-state index contributed by atoms with van der Waals surface area (Å²) in [5.41, 5.74) is 5.52. The van der Waals surface area contributed by atoms with Crippen molar-refractivity contribution in [1.82, 2.24) is 5.32 Å². The Morgan fingerprint density at radius 2 is 1.85 bits per heavy atom. The summed E-state index contributed by atoms with van der Waals surface area (Å²) in [6.45, 7) is 0.694. The minimum atomic E-state index is 0.100. The first-order valence-electron chi connectivity index (χ1n) is 5.43. The molecule has 4 N–H and O–H groups in total. The Labute approximate surface area is 80.7 Å². The van der Waals surface area contributed by atoms with Crippen molar-refractivity contribution in [2.75, 3.05) is 13.2 Å². The topological polar surface area (TPSA) is 58.3 Å². The summed E-state index contributed by atoms with van der Waals surface area (Å²) in [4.78, 5) is 0. The van der Waals surface area contributed by atoms with Crippen LogP contribution >= 0.6 is 0 Å². The van der Waals surface area contributed by atoms with Crippen LogP contribution in [0.1, 0.15) is 38.5 Å². The Kier molecular flexibility index (Phi) is 5.35. The van der Waals surface area contributed by atoms with Crippen molar-refractivity contribution in [2.45, 2.75) is 50.6 Å². The fraction of sp³-hybridized carbons (Fsp3) is 1.00. The van der Waals surface area contributed by atoms with E-state index in [9.17, 15) is 0 Å². The molecule has 1 aliphatic carbocycles. The van der Waals surface area contributed by atoms with Crippen molar-refractivity contribution in [2.24, 2.45) is 5.73 Å². The van der Waals surface area contributed by atoms with Gasteiger partial charge in [-0.1, -0.05) is 25.7 Å². The van der Waals surface area contributed by atoms with Gasteiger partial charge in [-0.05, 0) is 12.8 Å². The van der Waals surface area contributed by atoms with E-state index in [4.69, 9.17) is 10.8 Å². The van der Waals surface area contributed by atoms with E-state index in [2.05, 4.69) is 5.32 Å². The minimum absolute atomic E-state index is 0.100. The zero-order chi connectivity index (χ0) is 9.52. The molecule has 13 heavy (non-hydrogen) atoms. The number of nitrogens with one attached hydrogen (secondary N) is 1. The van der Waals surface area contributed by atoms with Crippen LogP contribution in [0.15, 0.2) is 0 Å². The summed E-state index contributed by atoms with van der Waals surface area (Å²) in [7, 11) is 0. The van der Waals surface area contributed by atoms with Crippen LogP contribution in [0.2, 0.25) is 0 Å². The van der Waals surface area contributed by atoms with Gasteiger partial charge in [-0.2, -0.15) is 0 Å². The summed E-state index contributed by atoms with van der Waals surface area (Å²) < 4.78 is 0. The first kappa shape index (κ1) is 11.0. The van der Waals surface area contributed by atoms with Gasteiger partial charge in [0, 0.05) is 18.6 Å². The second-order valence-electron chi connectivity index (χ2n) is 3.97. The molecule has 0 saturated heterocycles. The van der Waals surface area contributed by atoms with Gasteiger partial charge in [0.05, 0.1) is 6.61 Å². The van der Waals surface area contributed by atoms with Gasteiger partial charge >= 0.3 is 0 Å². The Balaban J connectivity index is 2.24. The molecule has 0 heterocycles. The van der Waals surface area contributed by atoms with Crippen molar-refractivity contribution in [3.63, 3.8) is 0 Å². The number of aliphatic hydroxyl groups is 1. The molecule has 1 fully saturated rings. The maximum absolute atomic E-state index is 8.98. The predicted molar refractivity (Wildman–Crippen MR) is 54.6 cm³/mol. The monoisotopic (exact) mass is 186 g/mol. The number of hydrogen-bond donors (Lipinski definition) is 3. The molecule has 3 nitrogen and oxygen atoms in total. The molecular weight excluding hydrogens is 164 g/mol. The molecule has 0 aliphatic heterocycles. The molecule has 1 aliphatic rings. The predicted octanol–water partition coefficient (Wildman–Crippen LogP) is 0.618. The number of nitrogens with two attached hydrogens (primary N) is 1. The van der Waals surface area contributed by atoms with E-state index in [1.165, 1.54) is 38.5 Å². The molecule has 0 spiro atoms. The molecule has 1 rings (SSSR count). The lowest BCUT2D eigenvalue weighted by molar-refractivity contribution is 0.230. The third-order valence-corrected chi connectivity index (χ3v) is 2.83. The summed E-state index contributed by atoms with van der Waals surface area (Å²) in [6, 6.07) is 0.686. The maximum Gasteiger partial charge on any atom is 0.0597 e. The fourth-order valence-electron chi connectivity index (χ4n) is 1.97. The van der Waals surface area contributed by atoms with Gasteiger partial charge in [0.25, 0.3) is 0 Å². The summed E-state index contributed by atoms with van der Waals surface area (Å²) >= 11 is 0. The Morgan fingerprint density at radius 3 is 2.31 bits per heavy atom. The fourth-order valence-corrected chi connectivity index (χ4v) is 1.97. The van der Waals surface area contributed by atoms with Gasteiger partial charge in [0.2, 0.25) is 0 Å². The average Bonchev–Trinajstić information content (AvgIpc) is 2.42. The van der Waals surface area contributed by atoms with Crippen molar-refractivity contribution in [3.8, 4) is 0 Å². The zero-order valence-corrected chi connectivity index (χ0v) is 8.34. The maximum atomic E-state index is 8.98. The van der Waals surface area contributed by atoms with E-state index < -0.39 is 0 Å². The highest BCUT2D eigenvalue weighted by Crippen LogP contribution is 2.17. The van der Waals surface area contributed by atoms with E-state index in [1.54, 1.807) is 0 Å². The standard InChI is InChI=1S/C10H22N2O/c11-7-10(8-13)12-9-5-3-1-2-4-6-9/h9-10,12-13H,1-8,11H2. The zero-order valence-electron chi connectivity index (χ0n) is 8.34. The molecule has 78 valence electrons.